The van der Waals surface area contributed by atoms with Crippen molar-refractivity contribution in [3.63, 3.8) is 0 Å². The van der Waals surface area contributed by atoms with E-state index in [-0.39, 0.29) is 5.92 Å². The summed E-state index contributed by atoms with van der Waals surface area (Å²) in [5.74, 6) is -0.499. The van der Waals surface area contributed by atoms with Gasteiger partial charge >= 0.3 is 5.97 Å². The predicted octanol–water partition coefficient (Wildman–Crippen LogP) is 3.54. The van der Waals surface area contributed by atoms with Crippen molar-refractivity contribution >= 4 is 5.97 Å². The van der Waals surface area contributed by atoms with Gasteiger partial charge in [-0.2, -0.15) is 0 Å². The van der Waals surface area contributed by atoms with Crippen molar-refractivity contribution < 1.29 is 9.90 Å². The van der Waals surface area contributed by atoms with E-state index in [1.165, 1.54) is 0 Å². The Morgan fingerprint density at radius 2 is 1.67 bits per heavy atom. The molecular formula is C15H31NO2. The Hall–Kier alpha value is -0.570. The molecule has 3 nitrogen and oxygen atoms in total. The first-order valence-electron chi connectivity index (χ1n) is 7.34. The topological polar surface area (TPSA) is 49.3 Å². The van der Waals surface area contributed by atoms with Crippen LogP contribution in [0.4, 0.5) is 0 Å². The number of carbonyl (C=O) groups is 1. The Labute approximate surface area is 112 Å². The summed E-state index contributed by atoms with van der Waals surface area (Å²) in [6.07, 6.45) is 4.19. The van der Waals surface area contributed by atoms with Crippen LogP contribution in [0.1, 0.15) is 60.3 Å². The first-order valence-corrected chi connectivity index (χ1v) is 7.34. The molecular weight excluding hydrogens is 226 g/mol. The van der Waals surface area contributed by atoms with E-state index in [0.717, 1.165) is 32.2 Å². The van der Waals surface area contributed by atoms with Gasteiger partial charge < -0.3 is 10.4 Å². The summed E-state index contributed by atoms with van der Waals surface area (Å²) >= 11 is 0. The van der Waals surface area contributed by atoms with E-state index in [1.54, 1.807) is 0 Å². The van der Waals surface area contributed by atoms with Crippen LogP contribution in [0.25, 0.3) is 0 Å². The highest BCUT2D eigenvalue weighted by Crippen LogP contribution is 2.29. The summed E-state index contributed by atoms with van der Waals surface area (Å²) in [5, 5.41) is 12.6. The minimum atomic E-state index is -0.675. The highest BCUT2D eigenvalue weighted by Gasteiger charge is 2.25. The molecule has 1 unspecified atom stereocenters. The molecule has 0 spiro atoms. The van der Waals surface area contributed by atoms with Gasteiger partial charge in [-0.05, 0) is 37.0 Å². The van der Waals surface area contributed by atoms with Crippen LogP contribution >= 0.6 is 0 Å². The van der Waals surface area contributed by atoms with E-state index < -0.39 is 5.97 Å². The second-order valence-electron chi connectivity index (χ2n) is 5.86. The molecule has 108 valence electrons. The third-order valence-corrected chi connectivity index (χ3v) is 4.25. The highest BCUT2D eigenvalue weighted by molar-refractivity contribution is 5.70. The van der Waals surface area contributed by atoms with Crippen LogP contribution in [0, 0.1) is 17.3 Å². The van der Waals surface area contributed by atoms with Crippen LogP contribution in [0.15, 0.2) is 0 Å². The maximum absolute atomic E-state index is 11.2. The summed E-state index contributed by atoms with van der Waals surface area (Å²) in [6.45, 7) is 12.3. The molecule has 0 bridgehead atoms. The molecule has 0 fully saturated rings. The van der Waals surface area contributed by atoms with Crippen molar-refractivity contribution in [2.75, 3.05) is 13.1 Å². The van der Waals surface area contributed by atoms with Crippen LogP contribution < -0.4 is 5.32 Å². The molecule has 18 heavy (non-hydrogen) atoms. The number of hydrogen-bond donors (Lipinski definition) is 2. The predicted molar refractivity (Wildman–Crippen MR) is 76.8 cm³/mol. The van der Waals surface area contributed by atoms with Crippen LogP contribution in [0.2, 0.25) is 0 Å². The van der Waals surface area contributed by atoms with E-state index >= 15 is 0 Å². The quantitative estimate of drug-likeness (QED) is 0.629. The van der Waals surface area contributed by atoms with Crippen molar-refractivity contribution in [1.82, 2.24) is 5.32 Å². The lowest BCUT2D eigenvalue weighted by molar-refractivity contribution is -0.142. The molecule has 2 N–H and O–H groups in total. The fraction of sp³-hybridized carbons (Fsp3) is 0.933. The molecule has 0 aromatic heterocycles. The molecule has 0 aliphatic rings. The summed E-state index contributed by atoms with van der Waals surface area (Å²) < 4.78 is 0. The van der Waals surface area contributed by atoms with Gasteiger partial charge in [-0.15, -0.1) is 0 Å². The maximum atomic E-state index is 11.2. The average molecular weight is 257 g/mol. The molecule has 0 saturated heterocycles. The second kappa shape index (κ2) is 8.52. The van der Waals surface area contributed by atoms with Gasteiger partial charge in [0.2, 0.25) is 0 Å². The normalized spacial score (nSPS) is 13.9. The van der Waals surface area contributed by atoms with E-state index in [9.17, 15) is 9.90 Å². The van der Waals surface area contributed by atoms with Crippen molar-refractivity contribution in [3.05, 3.63) is 0 Å². The lowest BCUT2D eigenvalue weighted by atomic mass is 9.79. The lowest BCUT2D eigenvalue weighted by Gasteiger charge is -2.31. The average Bonchev–Trinajstić information content (AvgIpc) is 2.33. The van der Waals surface area contributed by atoms with Gasteiger partial charge in [0, 0.05) is 13.1 Å². The molecule has 0 aliphatic carbocycles. The van der Waals surface area contributed by atoms with Crippen LogP contribution in [-0.2, 0) is 4.79 Å². The third kappa shape index (κ3) is 5.85. The molecule has 0 saturated carbocycles. The van der Waals surface area contributed by atoms with Crippen molar-refractivity contribution in [3.8, 4) is 0 Å². The molecule has 0 heterocycles. The Balaban J connectivity index is 4.24. The van der Waals surface area contributed by atoms with Crippen LogP contribution in [-0.4, -0.2) is 24.2 Å². The smallest absolute Gasteiger partial charge is 0.307 e. The zero-order valence-electron chi connectivity index (χ0n) is 12.8. The summed E-state index contributed by atoms with van der Waals surface area (Å²) in [5.41, 5.74) is 0.334. The number of carboxylic acid groups (broad SMARTS) is 1. The zero-order valence-corrected chi connectivity index (χ0v) is 12.8. The number of aliphatic carboxylic acids is 1. The fourth-order valence-corrected chi connectivity index (χ4v) is 2.48. The van der Waals surface area contributed by atoms with Gasteiger partial charge in [0.1, 0.15) is 0 Å². The van der Waals surface area contributed by atoms with Crippen molar-refractivity contribution in [2.24, 2.45) is 17.3 Å². The SMILES string of the molecule is CCC(CC)(CC)CNCC(CC(C)C)C(=O)O. The van der Waals surface area contributed by atoms with Gasteiger partial charge in [0.25, 0.3) is 0 Å². The molecule has 1 atom stereocenters. The van der Waals surface area contributed by atoms with Gasteiger partial charge in [-0.3, -0.25) is 4.79 Å². The van der Waals surface area contributed by atoms with Crippen LogP contribution in [0.5, 0.6) is 0 Å². The first-order chi connectivity index (χ1) is 8.40. The Bertz CT molecular complexity index is 226. The molecule has 0 aromatic rings. The van der Waals surface area contributed by atoms with Gasteiger partial charge in [0.15, 0.2) is 0 Å². The summed E-state index contributed by atoms with van der Waals surface area (Å²) in [6, 6.07) is 0. The third-order valence-electron chi connectivity index (χ3n) is 4.25. The minimum Gasteiger partial charge on any atom is -0.481 e. The summed E-state index contributed by atoms with van der Waals surface area (Å²) in [7, 11) is 0. The minimum absolute atomic E-state index is 0.256. The first kappa shape index (κ1) is 17.4. The molecule has 0 rings (SSSR count). The molecule has 0 amide bonds. The Morgan fingerprint density at radius 1 is 1.17 bits per heavy atom. The lowest BCUT2D eigenvalue weighted by Crippen LogP contribution is -2.37. The van der Waals surface area contributed by atoms with Gasteiger partial charge in [0.05, 0.1) is 5.92 Å². The van der Waals surface area contributed by atoms with E-state index in [1.807, 2.05) is 0 Å². The zero-order chi connectivity index (χ0) is 14.2. The van der Waals surface area contributed by atoms with E-state index in [0.29, 0.717) is 17.9 Å². The highest BCUT2D eigenvalue weighted by atomic mass is 16.4. The molecule has 3 heteroatoms. The molecule has 0 aromatic carbocycles. The maximum Gasteiger partial charge on any atom is 0.307 e. The number of nitrogens with one attached hydrogen (secondary N) is 1. The van der Waals surface area contributed by atoms with E-state index in [4.69, 9.17) is 0 Å². The van der Waals surface area contributed by atoms with Crippen molar-refractivity contribution in [2.45, 2.75) is 60.3 Å². The monoisotopic (exact) mass is 257 g/mol. The molecule has 0 aliphatic heterocycles. The number of rotatable bonds is 10. The van der Waals surface area contributed by atoms with Gasteiger partial charge in [-0.25, -0.2) is 0 Å². The fourth-order valence-electron chi connectivity index (χ4n) is 2.48. The largest absolute Gasteiger partial charge is 0.481 e. The van der Waals surface area contributed by atoms with Gasteiger partial charge in [-0.1, -0.05) is 34.6 Å². The Kier molecular flexibility index (Phi) is 8.25. The van der Waals surface area contributed by atoms with Crippen molar-refractivity contribution in [1.29, 1.82) is 0 Å². The van der Waals surface area contributed by atoms with Crippen LogP contribution in [0.3, 0.4) is 0 Å². The standard InChI is InChI=1S/C15H31NO2/c1-6-15(7-2,8-3)11-16-10-13(14(17)18)9-12(4)5/h12-13,16H,6-11H2,1-5H3,(H,17,18). The summed E-state index contributed by atoms with van der Waals surface area (Å²) in [4.78, 5) is 11.2. The Morgan fingerprint density at radius 3 is 2.00 bits per heavy atom. The number of hydrogen-bond acceptors (Lipinski definition) is 2. The number of carboxylic acids is 1. The van der Waals surface area contributed by atoms with E-state index in [2.05, 4.69) is 39.9 Å². The second-order valence-corrected chi connectivity index (χ2v) is 5.86. The molecule has 0 radical (unpaired) electrons.